The first-order valence-electron chi connectivity index (χ1n) is 6.65. The molecule has 1 aromatic rings. The minimum atomic E-state index is 0.685. The zero-order valence-corrected chi connectivity index (χ0v) is 10.4. The molecule has 0 amide bonds. The highest BCUT2D eigenvalue weighted by Gasteiger charge is 2.11. The molecule has 2 rings (SSSR count). The number of nitrogens with zero attached hydrogens (tertiary/aromatic N) is 1. The van der Waals surface area contributed by atoms with Crippen LogP contribution in [0.4, 0.5) is 0 Å². The highest BCUT2D eigenvalue weighted by molar-refractivity contribution is 5.09. The van der Waals surface area contributed by atoms with Gasteiger partial charge in [0.25, 0.3) is 0 Å². The molecule has 1 atom stereocenters. The van der Waals surface area contributed by atoms with Crippen LogP contribution >= 0.6 is 0 Å². The number of pyridine rings is 1. The van der Waals surface area contributed by atoms with E-state index in [9.17, 15) is 0 Å². The molecule has 3 heteroatoms. The molecule has 0 aliphatic carbocycles. The van der Waals surface area contributed by atoms with Gasteiger partial charge in [0, 0.05) is 25.0 Å². The molecule has 3 nitrogen and oxygen atoms in total. The van der Waals surface area contributed by atoms with E-state index in [0.29, 0.717) is 6.04 Å². The van der Waals surface area contributed by atoms with Crippen molar-refractivity contribution in [3.8, 4) is 0 Å². The average molecular weight is 234 g/mol. The van der Waals surface area contributed by atoms with E-state index in [2.05, 4.69) is 10.3 Å². The second-order valence-corrected chi connectivity index (χ2v) is 4.65. The van der Waals surface area contributed by atoms with Crippen molar-refractivity contribution in [2.75, 3.05) is 19.8 Å². The van der Waals surface area contributed by atoms with E-state index in [4.69, 9.17) is 4.74 Å². The van der Waals surface area contributed by atoms with Gasteiger partial charge in [-0.15, -0.1) is 0 Å². The Balaban J connectivity index is 1.51. The van der Waals surface area contributed by atoms with Crippen molar-refractivity contribution in [2.45, 2.75) is 38.1 Å². The molecular formula is C14H22N2O. The quantitative estimate of drug-likeness (QED) is 0.766. The van der Waals surface area contributed by atoms with Gasteiger partial charge in [0.1, 0.15) is 0 Å². The number of rotatable bonds is 6. The predicted octanol–water partition coefficient (Wildman–Crippen LogP) is 2.17. The van der Waals surface area contributed by atoms with Crippen LogP contribution in [0.3, 0.4) is 0 Å². The van der Waals surface area contributed by atoms with Crippen LogP contribution in [0.1, 0.15) is 31.2 Å². The van der Waals surface area contributed by atoms with Crippen LogP contribution in [0, 0.1) is 0 Å². The van der Waals surface area contributed by atoms with Gasteiger partial charge in [-0.1, -0.05) is 6.42 Å². The van der Waals surface area contributed by atoms with Gasteiger partial charge in [-0.2, -0.15) is 0 Å². The minimum absolute atomic E-state index is 0.685. The van der Waals surface area contributed by atoms with Crippen molar-refractivity contribution >= 4 is 0 Å². The maximum Gasteiger partial charge on any atom is 0.0506 e. The van der Waals surface area contributed by atoms with Gasteiger partial charge in [-0.3, -0.25) is 4.98 Å². The molecule has 1 fully saturated rings. The third-order valence-electron chi connectivity index (χ3n) is 3.31. The third kappa shape index (κ3) is 4.84. The molecule has 1 unspecified atom stereocenters. The van der Waals surface area contributed by atoms with Gasteiger partial charge in [0.15, 0.2) is 0 Å². The van der Waals surface area contributed by atoms with Crippen molar-refractivity contribution in [1.82, 2.24) is 10.3 Å². The zero-order chi connectivity index (χ0) is 11.8. The van der Waals surface area contributed by atoms with E-state index in [1.807, 2.05) is 24.5 Å². The Hall–Kier alpha value is -0.930. The fourth-order valence-electron chi connectivity index (χ4n) is 2.24. The van der Waals surface area contributed by atoms with Crippen LogP contribution in [0.15, 0.2) is 24.5 Å². The fraction of sp³-hybridized carbons (Fsp3) is 0.643. The van der Waals surface area contributed by atoms with Gasteiger partial charge in [0.05, 0.1) is 6.61 Å². The lowest BCUT2D eigenvalue weighted by Crippen LogP contribution is -2.34. The fourth-order valence-corrected chi connectivity index (χ4v) is 2.24. The maximum atomic E-state index is 5.68. The standard InChI is InChI=1S/C14H22N2O/c1-2-8-16-14(3-1)7-12-17-11-6-13-4-9-15-10-5-13/h4-5,9-10,14,16H,1-3,6-8,11-12H2. The summed E-state index contributed by atoms with van der Waals surface area (Å²) in [6.07, 6.45) is 9.82. The van der Waals surface area contributed by atoms with Gasteiger partial charge in [-0.25, -0.2) is 0 Å². The minimum Gasteiger partial charge on any atom is -0.381 e. The molecule has 0 spiro atoms. The summed E-state index contributed by atoms with van der Waals surface area (Å²) in [5, 5.41) is 3.54. The Bertz CT molecular complexity index is 296. The highest BCUT2D eigenvalue weighted by atomic mass is 16.5. The molecule has 1 aliphatic heterocycles. The smallest absolute Gasteiger partial charge is 0.0506 e. The molecule has 2 heterocycles. The highest BCUT2D eigenvalue weighted by Crippen LogP contribution is 2.09. The monoisotopic (exact) mass is 234 g/mol. The Labute approximate surface area is 104 Å². The Morgan fingerprint density at radius 3 is 2.88 bits per heavy atom. The number of hydrogen-bond donors (Lipinski definition) is 1. The molecule has 0 saturated carbocycles. The van der Waals surface area contributed by atoms with Gasteiger partial charge in [0.2, 0.25) is 0 Å². The lowest BCUT2D eigenvalue weighted by Gasteiger charge is -2.23. The summed E-state index contributed by atoms with van der Waals surface area (Å²) in [5.41, 5.74) is 1.30. The first kappa shape index (κ1) is 12.5. The van der Waals surface area contributed by atoms with E-state index in [1.54, 1.807) is 0 Å². The third-order valence-corrected chi connectivity index (χ3v) is 3.31. The molecule has 1 aliphatic rings. The molecular weight excluding hydrogens is 212 g/mol. The van der Waals surface area contributed by atoms with Crippen LogP contribution in [0.5, 0.6) is 0 Å². The average Bonchev–Trinajstić information content (AvgIpc) is 2.41. The number of nitrogens with one attached hydrogen (secondary N) is 1. The lowest BCUT2D eigenvalue weighted by molar-refractivity contribution is 0.123. The summed E-state index contributed by atoms with van der Waals surface area (Å²) < 4.78 is 5.68. The molecule has 1 aromatic heterocycles. The summed E-state index contributed by atoms with van der Waals surface area (Å²) in [4.78, 5) is 4.00. The Morgan fingerprint density at radius 1 is 1.24 bits per heavy atom. The van der Waals surface area contributed by atoms with Crippen LogP contribution in [0.25, 0.3) is 0 Å². The normalized spacial score (nSPS) is 20.4. The first-order valence-corrected chi connectivity index (χ1v) is 6.65. The van der Waals surface area contributed by atoms with E-state index in [0.717, 1.165) is 26.1 Å². The summed E-state index contributed by atoms with van der Waals surface area (Å²) in [6.45, 7) is 2.88. The van der Waals surface area contributed by atoms with Crippen molar-refractivity contribution < 1.29 is 4.74 Å². The van der Waals surface area contributed by atoms with Crippen molar-refractivity contribution in [3.63, 3.8) is 0 Å². The van der Waals surface area contributed by atoms with Gasteiger partial charge >= 0.3 is 0 Å². The second kappa shape index (κ2) is 7.41. The van der Waals surface area contributed by atoms with Gasteiger partial charge < -0.3 is 10.1 Å². The SMILES string of the molecule is c1cc(CCOCCC2CCCCN2)ccn1. The first-order chi connectivity index (χ1) is 8.45. The largest absolute Gasteiger partial charge is 0.381 e. The topological polar surface area (TPSA) is 34.1 Å². The maximum absolute atomic E-state index is 5.68. The number of piperidine rings is 1. The summed E-state index contributed by atoms with van der Waals surface area (Å²) in [6, 6.07) is 4.78. The van der Waals surface area contributed by atoms with Crippen LogP contribution in [-0.4, -0.2) is 30.8 Å². The Morgan fingerprint density at radius 2 is 2.12 bits per heavy atom. The summed E-state index contributed by atoms with van der Waals surface area (Å²) >= 11 is 0. The second-order valence-electron chi connectivity index (χ2n) is 4.65. The zero-order valence-electron chi connectivity index (χ0n) is 10.4. The molecule has 94 valence electrons. The van der Waals surface area contributed by atoms with Crippen LogP contribution < -0.4 is 5.32 Å². The molecule has 1 saturated heterocycles. The van der Waals surface area contributed by atoms with E-state index < -0.39 is 0 Å². The number of ether oxygens (including phenoxy) is 1. The summed E-state index contributed by atoms with van der Waals surface area (Å²) in [5.74, 6) is 0. The van der Waals surface area contributed by atoms with Gasteiger partial charge in [-0.05, 0) is 49.9 Å². The molecule has 0 bridgehead atoms. The van der Waals surface area contributed by atoms with Crippen molar-refractivity contribution in [2.24, 2.45) is 0 Å². The molecule has 0 aromatic carbocycles. The lowest BCUT2D eigenvalue weighted by atomic mass is 10.0. The number of aromatic nitrogens is 1. The molecule has 1 N–H and O–H groups in total. The Kier molecular flexibility index (Phi) is 5.46. The molecule has 0 radical (unpaired) electrons. The van der Waals surface area contributed by atoms with E-state index in [-0.39, 0.29) is 0 Å². The van der Waals surface area contributed by atoms with E-state index in [1.165, 1.54) is 31.4 Å². The van der Waals surface area contributed by atoms with Crippen molar-refractivity contribution in [1.29, 1.82) is 0 Å². The molecule has 17 heavy (non-hydrogen) atoms. The van der Waals surface area contributed by atoms with E-state index >= 15 is 0 Å². The number of hydrogen-bond acceptors (Lipinski definition) is 3. The van der Waals surface area contributed by atoms with Crippen LogP contribution in [0.2, 0.25) is 0 Å². The predicted molar refractivity (Wildman–Crippen MR) is 69.0 cm³/mol. The van der Waals surface area contributed by atoms with Crippen molar-refractivity contribution in [3.05, 3.63) is 30.1 Å². The summed E-state index contributed by atoms with van der Waals surface area (Å²) in [7, 11) is 0. The van der Waals surface area contributed by atoms with Crippen LogP contribution in [-0.2, 0) is 11.2 Å².